The first-order valence-electron chi connectivity index (χ1n) is 5.51. The van der Waals surface area contributed by atoms with Gasteiger partial charge >= 0.3 is 5.97 Å². The van der Waals surface area contributed by atoms with Crippen molar-refractivity contribution in [1.82, 2.24) is 5.32 Å². The number of hydrogen-bond acceptors (Lipinski definition) is 5. The molecule has 0 aliphatic carbocycles. The minimum absolute atomic E-state index is 0.142. The van der Waals surface area contributed by atoms with E-state index in [0.29, 0.717) is 9.88 Å². The molecule has 0 radical (unpaired) electrons. The van der Waals surface area contributed by atoms with Crippen LogP contribution in [0, 0.1) is 0 Å². The molecular weight excluding hydrogens is 300 g/mol. The van der Waals surface area contributed by atoms with E-state index in [2.05, 4.69) is 10.6 Å². The Hall–Kier alpha value is -2.19. The van der Waals surface area contributed by atoms with Crippen molar-refractivity contribution in [3.63, 3.8) is 0 Å². The molecule has 0 spiro atoms. The summed E-state index contributed by atoms with van der Waals surface area (Å²) in [6, 6.07) is 6.33. The fraction of sp³-hybridized carbons (Fsp3) is 0.0833. The summed E-state index contributed by atoms with van der Waals surface area (Å²) in [5.41, 5.74) is 0. The van der Waals surface area contributed by atoms with Crippen LogP contribution in [0.25, 0.3) is 0 Å². The van der Waals surface area contributed by atoms with Gasteiger partial charge in [-0.3, -0.25) is 9.59 Å². The van der Waals surface area contributed by atoms with Gasteiger partial charge in [0.25, 0.3) is 5.91 Å². The molecule has 3 N–H and O–H groups in total. The second kappa shape index (κ2) is 6.31. The van der Waals surface area contributed by atoms with Gasteiger partial charge in [0.15, 0.2) is 0 Å². The smallest absolute Gasteiger partial charge is 0.345 e. The van der Waals surface area contributed by atoms with Crippen molar-refractivity contribution < 1.29 is 19.5 Å². The normalized spacial score (nSPS) is 10.0. The van der Waals surface area contributed by atoms with Gasteiger partial charge in [0, 0.05) is 0 Å². The van der Waals surface area contributed by atoms with E-state index in [1.165, 1.54) is 23.5 Å². The molecule has 2 aromatic heterocycles. The van der Waals surface area contributed by atoms with Crippen LogP contribution in [0.3, 0.4) is 0 Å². The molecule has 104 valence electrons. The Morgan fingerprint density at radius 1 is 1.15 bits per heavy atom. The maximum atomic E-state index is 11.6. The lowest BCUT2D eigenvalue weighted by atomic mass is 10.4. The summed E-state index contributed by atoms with van der Waals surface area (Å²) in [7, 11) is 0. The molecule has 0 aromatic carbocycles. The van der Waals surface area contributed by atoms with E-state index in [9.17, 15) is 14.4 Å². The largest absolute Gasteiger partial charge is 0.477 e. The van der Waals surface area contributed by atoms with Crippen LogP contribution in [0.5, 0.6) is 0 Å². The van der Waals surface area contributed by atoms with Crippen molar-refractivity contribution in [2.24, 2.45) is 0 Å². The minimum Gasteiger partial charge on any atom is -0.477 e. The Bertz CT molecular complexity index is 634. The number of rotatable bonds is 5. The van der Waals surface area contributed by atoms with E-state index in [0.717, 1.165) is 11.3 Å². The Morgan fingerprint density at radius 3 is 2.55 bits per heavy atom. The highest BCUT2D eigenvalue weighted by atomic mass is 32.1. The minimum atomic E-state index is -1.04. The first kappa shape index (κ1) is 14.2. The number of carboxylic acids is 1. The highest BCUT2D eigenvalue weighted by molar-refractivity contribution is 7.18. The second-order valence-electron chi connectivity index (χ2n) is 3.68. The highest BCUT2D eigenvalue weighted by Gasteiger charge is 2.11. The van der Waals surface area contributed by atoms with Gasteiger partial charge in [-0.05, 0) is 23.6 Å². The van der Waals surface area contributed by atoms with Crippen LogP contribution < -0.4 is 10.6 Å². The number of aromatic carboxylic acids is 1. The Balaban J connectivity index is 1.83. The zero-order valence-electron chi connectivity index (χ0n) is 10.1. The molecule has 6 nitrogen and oxygen atoms in total. The molecule has 0 aliphatic rings. The lowest BCUT2D eigenvalue weighted by Crippen LogP contribution is -2.32. The quantitative estimate of drug-likeness (QED) is 0.785. The number of carbonyl (C=O) groups is 3. The molecule has 0 saturated heterocycles. The van der Waals surface area contributed by atoms with Crippen LogP contribution in [0.2, 0.25) is 0 Å². The van der Waals surface area contributed by atoms with Crippen molar-refractivity contribution in [2.75, 3.05) is 11.9 Å². The molecule has 2 aromatic rings. The number of anilines is 1. The third-order valence-corrected chi connectivity index (χ3v) is 4.09. The number of nitrogens with one attached hydrogen (secondary N) is 2. The average Bonchev–Trinajstić information content (AvgIpc) is 3.06. The predicted molar refractivity (Wildman–Crippen MR) is 76.6 cm³/mol. The molecule has 20 heavy (non-hydrogen) atoms. The van der Waals surface area contributed by atoms with Crippen molar-refractivity contribution in [1.29, 1.82) is 0 Å². The van der Waals surface area contributed by atoms with Crippen LogP contribution in [-0.2, 0) is 4.79 Å². The fourth-order valence-electron chi connectivity index (χ4n) is 1.36. The third-order valence-electron chi connectivity index (χ3n) is 2.23. The summed E-state index contributed by atoms with van der Waals surface area (Å²) in [6.07, 6.45) is 0. The zero-order valence-corrected chi connectivity index (χ0v) is 11.7. The van der Waals surface area contributed by atoms with Crippen molar-refractivity contribution in [3.8, 4) is 0 Å². The van der Waals surface area contributed by atoms with Gasteiger partial charge in [0.1, 0.15) is 4.88 Å². The molecule has 2 rings (SSSR count). The van der Waals surface area contributed by atoms with E-state index in [1.807, 2.05) is 0 Å². The molecule has 0 saturated carbocycles. The van der Waals surface area contributed by atoms with E-state index < -0.39 is 11.9 Å². The number of carbonyl (C=O) groups excluding carboxylic acids is 2. The lowest BCUT2D eigenvalue weighted by molar-refractivity contribution is -0.115. The molecule has 2 amide bonds. The van der Waals surface area contributed by atoms with Crippen molar-refractivity contribution >= 4 is 45.5 Å². The summed E-state index contributed by atoms with van der Waals surface area (Å²) in [4.78, 5) is 34.6. The van der Waals surface area contributed by atoms with E-state index >= 15 is 0 Å². The Labute approximate surface area is 122 Å². The number of hydrogen-bond donors (Lipinski definition) is 3. The van der Waals surface area contributed by atoms with Gasteiger partial charge in [-0.2, -0.15) is 0 Å². The van der Waals surface area contributed by atoms with Crippen LogP contribution in [-0.4, -0.2) is 29.4 Å². The first-order chi connectivity index (χ1) is 9.56. The maximum Gasteiger partial charge on any atom is 0.345 e. The number of thiophene rings is 2. The van der Waals surface area contributed by atoms with Gasteiger partial charge in [-0.1, -0.05) is 6.07 Å². The van der Waals surface area contributed by atoms with E-state index in [4.69, 9.17) is 5.11 Å². The number of carboxylic acid groups (broad SMARTS) is 1. The van der Waals surface area contributed by atoms with Gasteiger partial charge < -0.3 is 15.7 Å². The van der Waals surface area contributed by atoms with E-state index in [1.54, 1.807) is 17.5 Å². The molecule has 2 heterocycles. The second-order valence-corrected chi connectivity index (χ2v) is 5.71. The molecule has 8 heteroatoms. The van der Waals surface area contributed by atoms with Crippen LogP contribution >= 0.6 is 22.7 Å². The summed E-state index contributed by atoms with van der Waals surface area (Å²) in [5.74, 6) is -1.76. The topological polar surface area (TPSA) is 95.5 Å². The van der Waals surface area contributed by atoms with Crippen molar-refractivity contribution in [3.05, 3.63) is 39.4 Å². The maximum absolute atomic E-state index is 11.6. The summed E-state index contributed by atoms with van der Waals surface area (Å²) < 4.78 is 0. The first-order valence-corrected chi connectivity index (χ1v) is 7.20. The summed E-state index contributed by atoms with van der Waals surface area (Å²) in [6.45, 7) is -0.170. The SMILES string of the molecule is O=C(CNC(=O)c1cccs1)Nc1ccc(C(=O)O)s1. The number of amides is 2. The summed E-state index contributed by atoms with van der Waals surface area (Å²) >= 11 is 2.25. The van der Waals surface area contributed by atoms with Gasteiger partial charge in [-0.25, -0.2) is 4.79 Å². The molecular formula is C12H10N2O4S2. The molecule has 0 atom stereocenters. The summed E-state index contributed by atoms with van der Waals surface area (Å²) in [5, 5.41) is 16.0. The van der Waals surface area contributed by atoms with Crippen molar-refractivity contribution in [2.45, 2.75) is 0 Å². The highest BCUT2D eigenvalue weighted by Crippen LogP contribution is 2.21. The zero-order chi connectivity index (χ0) is 14.5. The third kappa shape index (κ3) is 3.65. The standard InChI is InChI=1S/C12H10N2O4S2/c15-9(6-13-11(16)7-2-1-5-19-7)14-10-4-3-8(20-10)12(17)18/h1-5H,6H2,(H,13,16)(H,14,15)(H,17,18). The average molecular weight is 310 g/mol. The van der Waals surface area contributed by atoms with Gasteiger partial charge in [-0.15, -0.1) is 22.7 Å². The monoisotopic (exact) mass is 310 g/mol. The molecule has 0 bridgehead atoms. The van der Waals surface area contributed by atoms with Gasteiger partial charge in [0.05, 0.1) is 16.4 Å². The Morgan fingerprint density at radius 2 is 1.95 bits per heavy atom. The Kier molecular flexibility index (Phi) is 4.49. The fourth-order valence-corrected chi connectivity index (χ4v) is 2.76. The lowest BCUT2D eigenvalue weighted by Gasteiger charge is -2.03. The van der Waals surface area contributed by atoms with E-state index in [-0.39, 0.29) is 17.3 Å². The van der Waals surface area contributed by atoms with Crippen LogP contribution in [0.4, 0.5) is 5.00 Å². The predicted octanol–water partition coefficient (Wildman–Crippen LogP) is 1.88. The molecule has 0 unspecified atom stereocenters. The van der Waals surface area contributed by atoms with Crippen LogP contribution in [0.15, 0.2) is 29.6 Å². The molecule has 0 fully saturated rings. The van der Waals surface area contributed by atoms with Crippen LogP contribution in [0.1, 0.15) is 19.3 Å². The van der Waals surface area contributed by atoms with Gasteiger partial charge in [0.2, 0.25) is 5.91 Å². The molecule has 0 aliphatic heterocycles.